The van der Waals surface area contributed by atoms with Gasteiger partial charge in [-0.05, 0) is 48.5 Å². The highest BCUT2D eigenvalue weighted by Gasteiger charge is 2.14. The van der Waals surface area contributed by atoms with E-state index in [0.29, 0.717) is 35.1 Å². The third kappa shape index (κ3) is 3.59. The van der Waals surface area contributed by atoms with Crippen LogP contribution in [-0.2, 0) is 6.54 Å². The zero-order valence-electron chi connectivity index (χ0n) is 14.8. The van der Waals surface area contributed by atoms with Crippen molar-refractivity contribution in [2.45, 2.75) is 6.54 Å². The second-order valence-corrected chi connectivity index (χ2v) is 6.58. The fourth-order valence-electron chi connectivity index (χ4n) is 3.01. The molecule has 5 nitrogen and oxygen atoms in total. The zero-order valence-corrected chi connectivity index (χ0v) is 15.5. The molecule has 0 aliphatic rings. The number of hydrogen-bond donors (Lipinski definition) is 1. The van der Waals surface area contributed by atoms with Crippen LogP contribution >= 0.6 is 11.6 Å². The van der Waals surface area contributed by atoms with Gasteiger partial charge in [-0.3, -0.25) is 4.79 Å². The molecule has 0 fully saturated rings. The molecule has 0 bridgehead atoms. The number of amides is 1. The Hall–Kier alpha value is -3.25. The monoisotopic (exact) mass is 394 g/mol. The van der Waals surface area contributed by atoms with Crippen LogP contribution in [0.2, 0.25) is 5.02 Å². The number of aromatic nitrogens is 3. The summed E-state index contributed by atoms with van der Waals surface area (Å²) in [5, 5.41) is 3.28. The first kappa shape index (κ1) is 18.1. The SMILES string of the molecule is O=C(NCCn1c(-c2ccc(F)cc2)nc2cccnc21)c1ccccc1Cl. The minimum atomic E-state index is -0.309. The molecule has 4 rings (SSSR count). The summed E-state index contributed by atoms with van der Waals surface area (Å²) < 4.78 is 15.2. The van der Waals surface area contributed by atoms with Crippen molar-refractivity contribution < 1.29 is 9.18 Å². The molecule has 0 atom stereocenters. The Morgan fingerprint density at radius 1 is 1.07 bits per heavy atom. The van der Waals surface area contributed by atoms with Gasteiger partial charge in [-0.15, -0.1) is 0 Å². The molecule has 7 heteroatoms. The summed E-state index contributed by atoms with van der Waals surface area (Å²) in [6.45, 7) is 0.816. The maximum absolute atomic E-state index is 13.3. The fourth-order valence-corrected chi connectivity index (χ4v) is 3.23. The van der Waals surface area contributed by atoms with Crippen LogP contribution < -0.4 is 5.32 Å². The largest absolute Gasteiger partial charge is 0.350 e. The summed E-state index contributed by atoms with van der Waals surface area (Å²) in [5.41, 5.74) is 2.64. The first-order chi connectivity index (χ1) is 13.6. The quantitative estimate of drug-likeness (QED) is 0.548. The summed E-state index contributed by atoms with van der Waals surface area (Å²) in [6.07, 6.45) is 1.69. The highest BCUT2D eigenvalue weighted by molar-refractivity contribution is 6.33. The molecule has 140 valence electrons. The molecule has 0 aliphatic heterocycles. The molecule has 2 aromatic carbocycles. The molecule has 0 aliphatic carbocycles. The number of hydrogen-bond acceptors (Lipinski definition) is 3. The van der Waals surface area contributed by atoms with Crippen molar-refractivity contribution in [3.63, 3.8) is 0 Å². The Balaban J connectivity index is 1.59. The lowest BCUT2D eigenvalue weighted by Gasteiger charge is -2.10. The maximum Gasteiger partial charge on any atom is 0.252 e. The molecule has 2 aromatic heterocycles. The molecule has 0 saturated heterocycles. The van der Waals surface area contributed by atoms with E-state index in [1.807, 2.05) is 16.7 Å². The van der Waals surface area contributed by atoms with Crippen molar-refractivity contribution in [3.05, 3.63) is 83.3 Å². The van der Waals surface area contributed by atoms with Gasteiger partial charge in [0.2, 0.25) is 0 Å². The van der Waals surface area contributed by atoms with Crippen LogP contribution in [0.3, 0.4) is 0 Å². The average Bonchev–Trinajstić information content (AvgIpc) is 3.07. The summed E-state index contributed by atoms with van der Waals surface area (Å²) in [6, 6.07) is 16.7. The van der Waals surface area contributed by atoms with Gasteiger partial charge in [0.25, 0.3) is 5.91 Å². The molecule has 28 heavy (non-hydrogen) atoms. The molecule has 1 amide bonds. The van der Waals surface area contributed by atoms with Crippen molar-refractivity contribution in [2.24, 2.45) is 0 Å². The molecular weight excluding hydrogens is 379 g/mol. The predicted molar refractivity (Wildman–Crippen MR) is 107 cm³/mol. The van der Waals surface area contributed by atoms with E-state index in [2.05, 4.69) is 15.3 Å². The summed E-state index contributed by atoms with van der Waals surface area (Å²) in [4.78, 5) is 21.4. The minimum Gasteiger partial charge on any atom is -0.350 e. The van der Waals surface area contributed by atoms with Crippen LogP contribution in [0, 0.1) is 5.82 Å². The van der Waals surface area contributed by atoms with Crippen LogP contribution in [0.5, 0.6) is 0 Å². The van der Waals surface area contributed by atoms with E-state index in [9.17, 15) is 9.18 Å². The highest BCUT2D eigenvalue weighted by Crippen LogP contribution is 2.23. The van der Waals surface area contributed by atoms with Crippen LogP contribution in [0.15, 0.2) is 66.9 Å². The number of fused-ring (bicyclic) bond motifs is 1. The molecule has 1 N–H and O–H groups in total. The lowest BCUT2D eigenvalue weighted by molar-refractivity contribution is 0.0952. The lowest BCUT2D eigenvalue weighted by Crippen LogP contribution is -2.27. The first-order valence-electron chi connectivity index (χ1n) is 8.73. The van der Waals surface area contributed by atoms with Crippen LogP contribution in [0.25, 0.3) is 22.6 Å². The lowest BCUT2D eigenvalue weighted by atomic mass is 10.2. The van der Waals surface area contributed by atoms with E-state index in [0.717, 1.165) is 11.1 Å². The molecule has 2 heterocycles. The molecule has 0 radical (unpaired) electrons. The van der Waals surface area contributed by atoms with Gasteiger partial charge in [0.05, 0.1) is 10.6 Å². The van der Waals surface area contributed by atoms with Gasteiger partial charge < -0.3 is 9.88 Å². The van der Waals surface area contributed by atoms with Gasteiger partial charge >= 0.3 is 0 Å². The summed E-state index contributed by atoms with van der Waals surface area (Å²) in [7, 11) is 0. The first-order valence-corrected chi connectivity index (χ1v) is 9.11. The van der Waals surface area contributed by atoms with E-state index in [4.69, 9.17) is 11.6 Å². The van der Waals surface area contributed by atoms with Gasteiger partial charge in [-0.25, -0.2) is 14.4 Å². The standard InChI is InChI=1S/C21H16ClFN4O/c22-17-5-2-1-4-16(17)21(28)25-12-13-27-19(14-7-9-15(23)10-8-14)26-18-6-3-11-24-20(18)27/h1-11H,12-13H2,(H,25,28). The van der Waals surface area contributed by atoms with E-state index < -0.39 is 0 Å². The number of pyridine rings is 1. The van der Waals surface area contributed by atoms with Gasteiger partial charge in [0, 0.05) is 24.8 Å². The Morgan fingerprint density at radius 2 is 1.86 bits per heavy atom. The third-order valence-electron chi connectivity index (χ3n) is 4.35. The molecule has 4 aromatic rings. The maximum atomic E-state index is 13.3. The zero-order chi connectivity index (χ0) is 19.5. The number of halogens is 2. The Morgan fingerprint density at radius 3 is 2.64 bits per heavy atom. The van der Waals surface area contributed by atoms with Crippen LogP contribution in [0.4, 0.5) is 4.39 Å². The summed E-state index contributed by atoms with van der Waals surface area (Å²) >= 11 is 6.08. The number of carbonyl (C=O) groups is 1. The topological polar surface area (TPSA) is 59.8 Å². The Labute approximate surface area is 165 Å². The number of nitrogens with zero attached hydrogens (tertiary/aromatic N) is 3. The van der Waals surface area contributed by atoms with Gasteiger partial charge in [0.1, 0.15) is 17.2 Å². The number of benzene rings is 2. The van der Waals surface area contributed by atoms with Crippen molar-refractivity contribution in [2.75, 3.05) is 6.54 Å². The second-order valence-electron chi connectivity index (χ2n) is 6.18. The second kappa shape index (κ2) is 7.78. The van der Waals surface area contributed by atoms with E-state index in [-0.39, 0.29) is 11.7 Å². The smallest absolute Gasteiger partial charge is 0.252 e. The predicted octanol–water partition coefficient (Wildman–Crippen LogP) is 4.32. The fraction of sp³-hybridized carbons (Fsp3) is 0.0952. The minimum absolute atomic E-state index is 0.244. The van der Waals surface area contributed by atoms with Gasteiger partial charge in [0.15, 0.2) is 5.65 Å². The molecule has 0 saturated carbocycles. The van der Waals surface area contributed by atoms with E-state index >= 15 is 0 Å². The van der Waals surface area contributed by atoms with Crippen molar-refractivity contribution >= 4 is 28.7 Å². The van der Waals surface area contributed by atoms with Gasteiger partial charge in [-0.1, -0.05) is 23.7 Å². The summed E-state index contributed by atoms with van der Waals surface area (Å²) in [5.74, 6) is 0.114. The highest BCUT2D eigenvalue weighted by atomic mass is 35.5. The molecular formula is C21H16ClFN4O. The molecule has 0 spiro atoms. The number of carbonyl (C=O) groups excluding carboxylic acids is 1. The Kier molecular flexibility index (Phi) is 5.04. The number of imidazole rings is 1. The van der Waals surface area contributed by atoms with Gasteiger partial charge in [-0.2, -0.15) is 0 Å². The van der Waals surface area contributed by atoms with Crippen molar-refractivity contribution in [3.8, 4) is 11.4 Å². The Bertz CT molecular complexity index is 1140. The van der Waals surface area contributed by atoms with Crippen LogP contribution in [0.1, 0.15) is 10.4 Å². The van der Waals surface area contributed by atoms with E-state index in [1.54, 1.807) is 42.6 Å². The average molecular weight is 395 g/mol. The number of rotatable bonds is 5. The normalized spacial score (nSPS) is 10.9. The molecule has 0 unspecified atom stereocenters. The van der Waals surface area contributed by atoms with E-state index in [1.165, 1.54) is 12.1 Å². The number of nitrogens with one attached hydrogen (secondary N) is 1. The van der Waals surface area contributed by atoms with Crippen molar-refractivity contribution in [1.29, 1.82) is 0 Å². The van der Waals surface area contributed by atoms with Crippen molar-refractivity contribution in [1.82, 2.24) is 19.9 Å². The third-order valence-corrected chi connectivity index (χ3v) is 4.68. The van der Waals surface area contributed by atoms with Crippen LogP contribution in [-0.4, -0.2) is 27.0 Å².